The molecule has 18 heavy (non-hydrogen) atoms. The number of aryl methyl sites for hydroxylation is 1. The van der Waals surface area contributed by atoms with E-state index in [1.165, 1.54) is 5.56 Å². The average Bonchev–Trinajstić information content (AvgIpc) is 2.64. The molecule has 4 heteroatoms. The fraction of sp³-hybridized carbons (Fsp3) is 0.500. The lowest BCUT2D eigenvalue weighted by Crippen LogP contribution is -2.24. The van der Waals surface area contributed by atoms with Crippen molar-refractivity contribution >= 4 is 21.6 Å². The van der Waals surface area contributed by atoms with E-state index < -0.39 is 0 Å². The Hall–Kier alpha value is -0.870. The molecule has 0 fully saturated rings. The van der Waals surface area contributed by atoms with E-state index in [4.69, 9.17) is 9.72 Å². The first-order valence-electron chi connectivity index (χ1n) is 6.12. The predicted octanol–water partition coefficient (Wildman–Crippen LogP) is 3.91. The van der Waals surface area contributed by atoms with Gasteiger partial charge in [0.05, 0.1) is 11.4 Å². The van der Waals surface area contributed by atoms with Gasteiger partial charge in [0, 0.05) is 10.7 Å². The minimum Gasteiger partial charge on any atom is -0.357 e. The zero-order valence-electron chi connectivity index (χ0n) is 11.3. The third-order valence-corrected chi connectivity index (χ3v) is 4.38. The van der Waals surface area contributed by atoms with Crippen LogP contribution in [-0.4, -0.2) is 9.38 Å². The van der Waals surface area contributed by atoms with Crippen molar-refractivity contribution in [2.75, 3.05) is 0 Å². The van der Waals surface area contributed by atoms with Crippen LogP contribution in [0.4, 0.5) is 0 Å². The van der Waals surface area contributed by atoms with Crippen LogP contribution < -0.4 is 0 Å². The van der Waals surface area contributed by atoms with Gasteiger partial charge in [-0.05, 0) is 62.2 Å². The zero-order valence-corrected chi connectivity index (χ0v) is 12.9. The summed E-state index contributed by atoms with van der Waals surface area (Å²) >= 11 is 3.59. The van der Waals surface area contributed by atoms with Crippen LogP contribution in [0.15, 0.2) is 16.7 Å². The van der Waals surface area contributed by atoms with Gasteiger partial charge in [-0.25, -0.2) is 4.98 Å². The molecule has 3 nitrogen and oxygen atoms in total. The minimum atomic E-state index is -0.328. The van der Waals surface area contributed by atoms with Crippen molar-refractivity contribution in [2.45, 2.75) is 45.8 Å². The third kappa shape index (κ3) is 1.48. The number of imidazole rings is 1. The van der Waals surface area contributed by atoms with Crippen molar-refractivity contribution in [2.24, 2.45) is 0 Å². The molecule has 0 N–H and O–H groups in total. The summed E-state index contributed by atoms with van der Waals surface area (Å²) in [6.07, 6.45) is 2.09. The summed E-state index contributed by atoms with van der Waals surface area (Å²) in [7, 11) is 0. The molecular formula is C14H17BrN2O. The third-order valence-electron chi connectivity index (χ3n) is 3.55. The second-order valence-corrected chi connectivity index (χ2v) is 6.82. The van der Waals surface area contributed by atoms with Gasteiger partial charge >= 0.3 is 0 Å². The number of ether oxygens (including phenoxy) is 1. The van der Waals surface area contributed by atoms with E-state index in [9.17, 15) is 0 Å². The fourth-order valence-corrected chi connectivity index (χ4v) is 3.21. The van der Waals surface area contributed by atoms with Crippen LogP contribution in [0.1, 0.15) is 44.6 Å². The van der Waals surface area contributed by atoms with E-state index in [0.717, 1.165) is 21.5 Å². The van der Waals surface area contributed by atoms with Gasteiger partial charge in [0.25, 0.3) is 0 Å². The maximum atomic E-state index is 6.13. The quantitative estimate of drug-likeness (QED) is 0.738. The maximum Gasteiger partial charge on any atom is 0.137 e. The summed E-state index contributed by atoms with van der Waals surface area (Å²) in [5.74, 6) is 0. The Morgan fingerprint density at radius 2 is 1.89 bits per heavy atom. The summed E-state index contributed by atoms with van der Waals surface area (Å²) in [5, 5.41) is 0. The molecule has 0 spiro atoms. The van der Waals surface area contributed by atoms with E-state index in [1.807, 2.05) is 0 Å². The number of hydrogen-bond acceptors (Lipinski definition) is 2. The number of hydrogen-bond donors (Lipinski definition) is 0. The zero-order chi connectivity index (χ0) is 13.3. The van der Waals surface area contributed by atoms with Gasteiger partial charge in [-0.15, -0.1) is 0 Å². The van der Waals surface area contributed by atoms with Gasteiger partial charge in [-0.3, -0.25) is 4.40 Å². The Morgan fingerprint density at radius 3 is 2.56 bits per heavy atom. The number of fused-ring (bicyclic) bond motifs is 3. The highest BCUT2D eigenvalue weighted by Crippen LogP contribution is 2.46. The van der Waals surface area contributed by atoms with Crippen LogP contribution in [0, 0.1) is 6.92 Å². The van der Waals surface area contributed by atoms with Crippen LogP contribution in [-0.2, 0) is 15.9 Å². The van der Waals surface area contributed by atoms with Gasteiger partial charge in [0.1, 0.15) is 16.8 Å². The molecular weight excluding hydrogens is 292 g/mol. The summed E-state index contributed by atoms with van der Waals surface area (Å²) in [6, 6.07) is 2.11. The molecule has 0 aliphatic carbocycles. The van der Waals surface area contributed by atoms with Crippen molar-refractivity contribution in [3.63, 3.8) is 0 Å². The van der Waals surface area contributed by atoms with Crippen molar-refractivity contribution in [1.29, 1.82) is 0 Å². The molecule has 0 radical (unpaired) electrons. The molecule has 0 saturated carbocycles. The molecule has 2 aromatic heterocycles. The van der Waals surface area contributed by atoms with E-state index in [1.54, 1.807) is 0 Å². The first kappa shape index (κ1) is 12.2. The van der Waals surface area contributed by atoms with Crippen LogP contribution in [0.5, 0.6) is 0 Å². The lowest BCUT2D eigenvalue weighted by atomic mass is 10.0. The highest BCUT2D eigenvalue weighted by atomic mass is 79.9. The standard InChI is InChI=1S/C14H17BrN2O/c1-8-6-10-16-11-12(17(10)7-9(8)15)14(4,5)18-13(11,2)3/h6-7H,1-5H3. The summed E-state index contributed by atoms with van der Waals surface area (Å²) in [6.45, 7) is 10.4. The molecule has 1 aliphatic rings. The first-order chi connectivity index (χ1) is 8.22. The van der Waals surface area contributed by atoms with Crippen LogP contribution in [0.3, 0.4) is 0 Å². The molecule has 0 bridgehead atoms. The molecule has 0 unspecified atom stereocenters. The number of rotatable bonds is 0. The van der Waals surface area contributed by atoms with E-state index in [-0.39, 0.29) is 11.2 Å². The number of pyridine rings is 1. The fourth-order valence-electron chi connectivity index (χ4n) is 2.89. The summed E-state index contributed by atoms with van der Waals surface area (Å²) in [5.41, 5.74) is 3.75. The molecule has 2 aromatic rings. The van der Waals surface area contributed by atoms with Crippen molar-refractivity contribution in [3.05, 3.63) is 33.7 Å². The van der Waals surface area contributed by atoms with Crippen molar-refractivity contribution in [1.82, 2.24) is 9.38 Å². The Kier molecular flexibility index (Phi) is 2.28. The molecule has 96 valence electrons. The SMILES string of the molecule is Cc1cc2nc3c(n2cc1Br)C(C)(C)OC3(C)C. The number of halogens is 1. The largest absolute Gasteiger partial charge is 0.357 e. The second-order valence-electron chi connectivity index (χ2n) is 5.96. The first-order valence-corrected chi connectivity index (χ1v) is 6.91. The topological polar surface area (TPSA) is 26.5 Å². The normalized spacial score (nSPS) is 20.3. The smallest absolute Gasteiger partial charge is 0.137 e. The maximum absolute atomic E-state index is 6.13. The van der Waals surface area contributed by atoms with E-state index in [0.29, 0.717) is 0 Å². The molecule has 0 atom stereocenters. The summed E-state index contributed by atoms with van der Waals surface area (Å²) in [4.78, 5) is 4.76. The molecule has 0 saturated heterocycles. The monoisotopic (exact) mass is 308 g/mol. The predicted molar refractivity (Wildman–Crippen MR) is 74.8 cm³/mol. The van der Waals surface area contributed by atoms with Gasteiger partial charge in [0.15, 0.2) is 0 Å². The van der Waals surface area contributed by atoms with Crippen LogP contribution in [0.2, 0.25) is 0 Å². The minimum absolute atomic E-state index is 0.313. The Morgan fingerprint density at radius 1 is 1.22 bits per heavy atom. The van der Waals surface area contributed by atoms with Crippen LogP contribution in [0.25, 0.3) is 5.65 Å². The average molecular weight is 309 g/mol. The highest BCUT2D eigenvalue weighted by molar-refractivity contribution is 9.10. The molecule has 3 heterocycles. The number of aromatic nitrogens is 2. The molecule has 0 amide bonds. The van der Waals surface area contributed by atoms with Gasteiger partial charge in [-0.2, -0.15) is 0 Å². The number of nitrogens with zero attached hydrogens (tertiary/aromatic N) is 2. The van der Waals surface area contributed by atoms with E-state index >= 15 is 0 Å². The van der Waals surface area contributed by atoms with Gasteiger partial charge in [-0.1, -0.05) is 0 Å². The lowest BCUT2D eigenvalue weighted by Gasteiger charge is -2.25. The Bertz CT molecular complexity index is 655. The van der Waals surface area contributed by atoms with Crippen LogP contribution >= 0.6 is 15.9 Å². The second kappa shape index (κ2) is 3.36. The van der Waals surface area contributed by atoms with Gasteiger partial charge < -0.3 is 4.74 Å². The Balaban J connectivity index is 2.42. The summed E-state index contributed by atoms with van der Waals surface area (Å²) < 4.78 is 9.36. The lowest BCUT2D eigenvalue weighted by molar-refractivity contribution is -0.108. The van der Waals surface area contributed by atoms with Crippen molar-refractivity contribution < 1.29 is 4.74 Å². The van der Waals surface area contributed by atoms with Gasteiger partial charge in [0.2, 0.25) is 0 Å². The molecule has 3 rings (SSSR count). The molecule has 0 aromatic carbocycles. The molecule has 1 aliphatic heterocycles. The van der Waals surface area contributed by atoms with Crippen molar-refractivity contribution in [3.8, 4) is 0 Å². The van der Waals surface area contributed by atoms with E-state index in [2.05, 4.69) is 67.2 Å². The highest BCUT2D eigenvalue weighted by Gasteiger charge is 2.47. The Labute approximate surface area is 115 Å².